The number of aliphatic imine (C=N–C) groups is 1. The minimum atomic E-state index is -0.372. The van der Waals surface area contributed by atoms with Gasteiger partial charge in [-0.3, -0.25) is 0 Å². The number of ether oxygens (including phenoxy) is 1. The van der Waals surface area contributed by atoms with Crippen LogP contribution in [0.5, 0.6) is 5.75 Å². The highest BCUT2D eigenvalue weighted by molar-refractivity contribution is 14.0. The highest BCUT2D eigenvalue weighted by Gasteiger charge is 2.17. The number of nitrogens with zero attached hydrogens (tertiary/aromatic N) is 2. The van der Waals surface area contributed by atoms with Crippen LogP contribution in [0.25, 0.3) is 0 Å². The Morgan fingerprint density at radius 3 is 2.61 bits per heavy atom. The van der Waals surface area contributed by atoms with Crippen LogP contribution >= 0.6 is 35.3 Å². The molecule has 0 saturated heterocycles. The number of aromatic nitrogens is 1. The molecule has 5 nitrogen and oxygen atoms in total. The molecule has 0 aliphatic rings. The third-order valence-corrected chi connectivity index (χ3v) is 4.90. The number of hydrogen-bond acceptors (Lipinski definition) is 4. The van der Waals surface area contributed by atoms with Gasteiger partial charge in [0.1, 0.15) is 5.01 Å². The topological polar surface area (TPSA) is 58.5 Å². The van der Waals surface area contributed by atoms with E-state index in [1.165, 1.54) is 13.2 Å². The molecule has 1 heterocycles. The molecule has 0 amide bonds. The van der Waals surface area contributed by atoms with Gasteiger partial charge in [0.25, 0.3) is 0 Å². The predicted molar refractivity (Wildman–Crippen MR) is 126 cm³/mol. The minimum absolute atomic E-state index is 0. The largest absolute Gasteiger partial charge is 0.494 e. The van der Waals surface area contributed by atoms with Crippen molar-refractivity contribution in [2.75, 3.05) is 13.7 Å². The lowest BCUT2D eigenvalue weighted by atomic mass is 9.93. The average Bonchev–Trinajstić information content (AvgIpc) is 3.09. The van der Waals surface area contributed by atoms with Gasteiger partial charge >= 0.3 is 0 Å². The van der Waals surface area contributed by atoms with Crippen molar-refractivity contribution in [1.82, 2.24) is 15.6 Å². The Kier molecular flexibility index (Phi) is 9.62. The number of nitrogens with one attached hydrogen (secondary N) is 2. The van der Waals surface area contributed by atoms with Gasteiger partial charge < -0.3 is 15.4 Å². The SMILES string of the molecule is CCNC(=NCc1nc(C(C)(C)C)cs1)NC(C)c1ccc(OC)c(F)c1.I. The van der Waals surface area contributed by atoms with E-state index in [1.807, 2.05) is 19.9 Å². The summed E-state index contributed by atoms with van der Waals surface area (Å²) < 4.78 is 18.9. The first kappa shape index (κ1) is 24.6. The summed E-state index contributed by atoms with van der Waals surface area (Å²) in [6, 6.07) is 4.86. The lowest BCUT2D eigenvalue weighted by Gasteiger charge is -2.18. The number of rotatable bonds is 6. The summed E-state index contributed by atoms with van der Waals surface area (Å²) in [6.45, 7) is 11.7. The van der Waals surface area contributed by atoms with Crippen LogP contribution in [-0.2, 0) is 12.0 Å². The van der Waals surface area contributed by atoms with Crippen molar-refractivity contribution in [3.63, 3.8) is 0 Å². The first-order valence-electron chi connectivity index (χ1n) is 9.07. The van der Waals surface area contributed by atoms with E-state index in [0.29, 0.717) is 12.5 Å². The summed E-state index contributed by atoms with van der Waals surface area (Å²) >= 11 is 1.62. The van der Waals surface area contributed by atoms with Crippen LogP contribution in [0.2, 0.25) is 0 Å². The van der Waals surface area contributed by atoms with Gasteiger partial charge in [0.2, 0.25) is 0 Å². The highest BCUT2D eigenvalue weighted by atomic mass is 127. The quantitative estimate of drug-likeness (QED) is 0.319. The lowest BCUT2D eigenvalue weighted by Crippen LogP contribution is -2.38. The van der Waals surface area contributed by atoms with Gasteiger partial charge in [0.15, 0.2) is 17.5 Å². The van der Waals surface area contributed by atoms with E-state index >= 15 is 0 Å². The second kappa shape index (κ2) is 10.9. The van der Waals surface area contributed by atoms with Crippen LogP contribution in [0, 0.1) is 5.82 Å². The zero-order chi connectivity index (χ0) is 20.0. The fourth-order valence-electron chi connectivity index (χ4n) is 2.44. The van der Waals surface area contributed by atoms with E-state index in [-0.39, 0.29) is 47.0 Å². The van der Waals surface area contributed by atoms with Crippen LogP contribution < -0.4 is 15.4 Å². The Balaban J connectivity index is 0.00000392. The molecule has 1 aromatic carbocycles. The van der Waals surface area contributed by atoms with Crippen molar-refractivity contribution in [2.24, 2.45) is 4.99 Å². The fourth-order valence-corrected chi connectivity index (χ4v) is 3.38. The maximum atomic E-state index is 14.0. The van der Waals surface area contributed by atoms with E-state index in [9.17, 15) is 4.39 Å². The maximum absolute atomic E-state index is 14.0. The molecule has 2 aromatic rings. The molecule has 1 aromatic heterocycles. The molecule has 2 rings (SSSR count). The predicted octanol–water partition coefficient (Wildman–Crippen LogP) is 5.02. The highest BCUT2D eigenvalue weighted by Crippen LogP contribution is 2.24. The zero-order valence-electron chi connectivity index (χ0n) is 17.3. The molecule has 2 N–H and O–H groups in total. The average molecular weight is 520 g/mol. The van der Waals surface area contributed by atoms with Gasteiger partial charge in [-0.2, -0.15) is 0 Å². The molecule has 156 valence electrons. The Labute approximate surface area is 188 Å². The smallest absolute Gasteiger partial charge is 0.192 e. The number of benzene rings is 1. The summed E-state index contributed by atoms with van der Waals surface area (Å²) in [6.07, 6.45) is 0. The molecular weight excluding hydrogens is 490 g/mol. The Bertz CT molecular complexity index is 789. The normalized spacial score (nSPS) is 12.9. The monoisotopic (exact) mass is 520 g/mol. The van der Waals surface area contributed by atoms with E-state index in [2.05, 4.69) is 46.8 Å². The van der Waals surface area contributed by atoms with Crippen molar-refractivity contribution in [1.29, 1.82) is 0 Å². The summed E-state index contributed by atoms with van der Waals surface area (Å²) in [4.78, 5) is 9.30. The van der Waals surface area contributed by atoms with Gasteiger partial charge in [-0.25, -0.2) is 14.4 Å². The first-order valence-corrected chi connectivity index (χ1v) is 9.95. The molecule has 1 unspecified atom stereocenters. The standard InChI is InChI=1S/C20H29FN4OS.HI/c1-7-22-19(23-11-18-25-17(12-27-18)20(3,4)5)24-13(2)14-8-9-16(26-6)15(21)10-14;/h8-10,12-13H,7,11H2,1-6H3,(H2,22,23,24);1H. The third kappa shape index (κ3) is 6.88. The van der Waals surface area contributed by atoms with E-state index in [1.54, 1.807) is 17.4 Å². The summed E-state index contributed by atoms with van der Waals surface area (Å²) in [7, 11) is 1.46. The number of hydrogen-bond donors (Lipinski definition) is 2. The van der Waals surface area contributed by atoms with Crippen LogP contribution in [0.3, 0.4) is 0 Å². The van der Waals surface area contributed by atoms with Crippen molar-refractivity contribution in [3.05, 3.63) is 45.7 Å². The second-order valence-corrected chi connectivity index (χ2v) is 8.27. The molecule has 28 heavy (non-hydrogen) atoms. The van der Waals surface area contributed by atoms with Crippen LogP contribution in [0.15, 0.2) is 28.6 Å². The van der Waals surface area contributed by atoms with Crippen LogP contribution in [0.1, 0.15) is 56.9 Å². The van der Waals surface area contributed by atoms with Gasteiger partial charge in [-0.1, -0.05) is 26.8 Å². The number of halogens is 2. The van der Waals surface area contributed by atoms with Gasteiger partial charge in [0.05, 0.1) is 25.4 Å². The van der Waals surface area contributed by atoms with Crippen molar-refractivity contribution >= 4 is 41.3 Å². The van der Waals surface area contributed by atoms with Gasteiger partial charge in [-0.15, -0.1) is 35.3 Å². The maximum Gasteiger partial charge on any atom is 0.192 e. The van der Waals surface area contributed by atoms with Crippen molar-refractivity contribution < 1.29 is 9.13 Å². The Morgan fingerprint density at radius 2 is 2.07 bits per heavy atom. The van der Waals surface area contributed by atoms with Crippen molar-refractivity contribution in [3.8, 4) is 5.75 Å². The summed E-state index contributed by atoms with van der Waals surface area (Å²) in [5.41, 5.74) is 1.94. The molecule has 0 spiro atoms. The molecule has 0 saturated carbocycles. The number of guanidine groups is 1. The van der Waals surface area contributed by atoms with E-state index in [4.69, 9.17) is 4.74 Å². The van der Waals surface area contributed by atoms with Gasteiger partial charge in [-0.05, 0) is 31.5 Å². The molecule has 0 fully saturated rings. The third-order valence-electron chi connectivity index (χ3n) is 4.07. The summed E-state index contributed by atoms with van der Waals surface area (Å²) in [5, 5.41) is 9.60. The lowest BCUT2D eigenvalue weighted by molar-refractivity contribution is 0.386. The Hall–Kier alpha value is -1.42. The second-order valence-electron chi connectivity index (χ2n) is 7.33. The van der Waals surface area contributed by atoms with Crippen molar-refractivity contribution in [2.45, 2.75) is 52.6 Å². The number of methoxy groups -OCH3 is 1. The Morgan fingerprint density at radius 1 is 1.36 bits per heavy atom. The first-order chi connectivity index (χ1) is 12.7. The minimum Gasteiger partial charge on any atom is -0.494 e. The zero-order valence-corrected chi connectivity index (χ0v) is 20.4. The molecule has 0 aliphatic carbocycles. The fraction of sp³-hybridized carbons (Fsp3) is 0.500. The van der Waals surface area contributed by atoms with Crippen LogP contribution in [0.4, 0.5) is 4.39 Å². The van der Waals surface area contributed by atoms with E-state index in [0.717, 1.165) is 22.8 Å². The molecular formula is C20H30FIN4OS. The molecule has 1 atom stereocenters. The number of thiazole rings is 1. The van der Waals surface area contributed by atoms with Gasteiger partial charge in [0, 0.05) is 17.3 Å². The van der Waals surface area contributed by atoms with E-state index < -0.39 is 0 Å². The molecule has 0 aliphatic heterocycles. The van der Waals surface area contributed by atoms with Crippen LogP contribution in [-0.4, -0.2) is 24.6 Å². The summed E-state index contributed by atoms with van der Waals surface area (Å²) in [5.74, 6) is 0.543. The molecule has 0 bridgehead atoms. The molecule has 8 heteroatoms. The molecule has 0 radical (unpaired) electrons.